The van der Waals surface area contributed by atoms with E-state index in [1.807, 2.05) is 0 Å². The number of nitrogens with two attached hydrogens (primary N) is 1. The van der Waals surface area contributed by atoms with E-state index in [0.717, 1.165) is 49.2 Å². The van der Waals surface area contributed by atoms with E-state index < -0.39 is 17.5 Å². The van der Waals surface area contributed by atoms with Crippen molar-refractivity contribution in [1.82, 2.24) is 4.98 Å². The first-order chi connectivity index (χ1) is 11.3. The highest BCUT2D eigenvalue weighted by Gasteiger charge is 2.31. The Kier molecular flexibility index (Phi) is 4.49. The Hall–Kier alpha value is -2.09. The van der Waals surface area contributed by atoms with Crippen LogP contribution in [0.3, 0.4) is 0 Å². The van der Waals surface area contributed by atoms with Crippen LogP contribution in [0.5, 0.6) is 0 Å². The number of alkyl halides is 3. The molecule has 1 aromatic carbocycles. The fourth-order valence-corrected chi connectivity index (χ4v) is 3.69. The fourth-order valence-electron chi connectivity index (χ4n) is 2.77. The number of ketones is 1. The van der Waals surface area contributed by atoms with Gasteiger partial charge in [0.1, 0.15) is 10.7 Å². The molecule has 8 heteroatoms. The molecule has 0 radical (unpaired) electrons. The molecule has 1 aliphatic carbocycles. The van der Waals surface area contributed by atoms with Crippen LogP contribution in [0.2, 0.25) is 0 Å². The molecule has 1 aliphatic rings. The predicted octanol–water partition coefficient (Wildman–Crippen LogP) is 4.33. The van der Waals surface area contributed by atoms with E-state index in [2.05, 4.69) is 10.3 Å². The molecule has 0 spiro atoms. The van der Waals surface area contributed by atoms with Crippen LogP contribution in [0.25, 0.3) is 0 Å². The zero-order chi connectivity index (χ0) is 17.3. The van der Waals surface area contributed by atoms with Crippen molar-refractivity contribution in [3.8, 4) is 0 Å². The number of hydrogen-bond acceptors (Lipinski definition) is 5. The van der Waals surface area contributed by atoms with Gasteiger partial charge in [0.15, 0.2) is 5.13 Å². The summed E-state index contributed by atoms with van der Waals surface area (Å²) in [6.45, 7) is 0. The molecule has 0 saturated heterocycles. The molecule has 1 aromatic heterocycles. The summed E-state index contributed by atoms with van der Waals surface area (Å²) in [4.78, 5) is 16.8. The van der Waals surface area contributed by atoms with E-state index in [1.165, 1.54) is 12.1 Å². The molecule has 0 atom stereocenters. The quantitative estimate of drug-likeness (QED) is 0.801. The summed E-state index contributed by atoms with van der Waals surface area (Å²) in [6.07, 6.45) is -0.124. The number of thiazole rings is 1. The van der Waals surface area contributed by atoms with E-state index in [4.69, 9.17) is 5.73 Å². The molecular formula is C16H16F3N3OS. The summed E-state index contributed by atoms with van der Waals surface area (Å²) in [6, 6.07) is 4.64. The average molecular weight is 355 g/mol. The molecule has 3 N–H and O–H groups in total. The summed E-state index contributed by atoms with van der Waals surface area (Å²) in [5, 5.41) is 3.78. The number of aromatic nitrogens is 1. The third-order valence-electron chi connectivity index (χ3n) is 3.99. The Labute approximate surface area is 140 Å². The van der Waals surface area contributed by atoms with E-state index >= 15 is 0 Å². The SMILES string of the molecule is Nc1nc(NC2CCCC2)sc1C(=O)c1cccc(C(F)(F)F)c1. The highest BCUT2D eigenvalue weighted by Crippen LogP contribution is 2.33. The lowest BCUT2D eigenvalue weighted by Gasteiger charge is -2.09. The van der Waals surface area contributed by atoms with Gasteiger partial charge in [-0.25, -0.2) is 4.98 Å². The number of nitrogens with zero attached hydrogens (tertiary/aromatic N) is 1. The van der Waals surface area contributed by atoms with Gasteiger partial charge in [-0.1, -0.05) is 36.3 Å². The minimum atomic E-state index is -4.50. The van der Waals surface area contributed by atoms with Gasteiger partial charge in [0.05, 0.1) is 5.56 Å². The standard InChI is InChI=1S/C16H16F3N3OS/c17-16(18,19)10-5-3-4-9(8-10)12(23)13-14(20)22-15(24-13)21-11-6-1-2-7-11/h3-5,8,11H,1-2,6-7,20H2,(H,21,22). The summed E-state index contributed by atoms with van der Waals surface area (Å²) >= 11 is 1.08. The Balaban J connectivity index is 1.83. The average Bonchev–Trinajstić information content (AvgIpc) is 3.16. The van der Waals surface area contributed by atoms with Gasteiger partial charge >= 0.3 is 6.18 Å². The van der Waals surface area contributed by atoms with Gasteiger partial charge in [-0.2, -0.15) is 13.2 Å². The molecule has 1 heterocycles. The summed E-state index contributed by atoms with van der Waals surface area (Å²) in [7, 11) is 0. The van der Waals surface area contributed by atoms with Crippen molar-refractivity contribution in [2.75, 3.05) is 11.1 Å². The lowest BCUT2D eigenvalue weighted by molar-refractivity contribution is -0.137. The fraction of sp³-hybridized carbons (Fsp3) is 0.375. The van der Waals surface area contributed by atoms with Crippen molar-refractivity contribution in [2.45, 2.75) is 37.9 Å². The number of benzene rings is 1. The number of carbonyl (C=O) groups excluding carboxylic acids is 1. The molecular weight excluding hydrogens is 339 g/mol. The van der Waals surface area contributed by atoms with Gasteiger partial charge in [0.2, 0.25) is 5.78 Å². The van der Waals surface area contributed by atoms with E-state index in [-0.39, 0.29) is 16.3 Å². The van der Waals surface area contributed by atoms with Crippen LogP contribution in [0.1, 0.15) is 46.5 Å². The summed E-state index contributed by atoms with van der Waals surface area (Å²) < 4.78 is 38.4. The minimum Gasteiger partial charge on any atom is -0.382 e. The van der Waals surface area contributed by atoms with Crippen molar-refractivity contribution < 1.29 is 18.0 Å². The van der Waals surface area contributed by atoms with E-state index in [1.54, 1.807) is 0 Å². The maximum Gasteiger partial charge on any atom is 0.416 e. The Morgan fingerprint density at radius 3 is 2.67 bits per heavy atom. The number of nitrogen functional groups attached to an aromatic ring is 1. The smallest absolute Gasteiger partial charge is 0.382 e. The normalized spacial score (nSPS) is 15.6. The van der Waals surface area contributed by atoms with Gasteiger partial charge in [-0.05, 0) is 25.0 Å². The number of rotatable bonds is 4. The topological polar surface area (TPSA) is 68.0 Å². The zero-order valence-corrected chi connectivity index (χ0v) is 13.5. The molecule has 1 saturated carbocycles. The van der Waals surface area contributed by atoms with Gasteiger partial charge in [0.25, 0.3) is 0 Å². The molecule has 0 bridgehead atoms. The molecule has 1 fully saturated rings. The highest BCUT2D eigenvalue weighted by molar-refractivity contribution is 7.18. The molecule has 128 valence electrons. The van der Waals surface area contributed by atoms with E-state index in [9.17, 15) is 18.0 Å². The van der Waals surface area contributed by atoms with Crippen LogP contribution < -0.4 is 11.1 Å². The second kappa shape index (κ2) is 6.43. The summed E-state index contributed by atoms with van der Waals surface area (Å²) in [5.74, 6) is -0.501. The Morgan fingerprint density at radius 1 is 1.29 bits per heavy atom. The number of carbonyl (C=O) groups is 1. The van der Waals surface area contributed by atoms with Crippen LogP contribution >= 0.6 is 11.3 Å². The van der Waals surface area contributed by atoms with E-state index in [0.29, 0.717) is 11.2 Å². The largest absolute Gasteiger partial charge is 0.416 e. The van der Waals surface area contributed by atoms with Crippen LogP contribution in [0, 0.1) is 0 Å². The first-order valence-electron chi connectivity index (χ1n) is 7.59. The van der Waals surface area contributed by atoms with Gasteiger partial charge < -0.3 is 11.1 Å². The molecule has 3 rings (SSSR count). The molecule has 4 nitrogen and oxygen atoms in total. The van der Waals surface area contributed by atoms with Gasteiger partial charge in [-0.3, -0.25) is 4.79 Å². The van der Waals surface area contributed by atoms with Gasteiger partial charge in [-0.15, -0.1) is 0 Å². The lowest BCUT2D eigenvalue weighted by Crippen LogP contribution is -2.14. The first-order valence-corrected chi connectivity index (χ1v) is 8.41. The van der Waals surface area contributed by atoms with Crippen molar-refractivity contribution in [3.63, 3.8) is 0 Å². The zero-order valence-electron chi connectivity index (χ0n) is 12.7. The second-order valence-corrected chi connectivity index (χ2v) is 6.77. The Bertz CT molecular complexity index is 751. The van der Waals surface area contributed by atoms with Crippen molar-refractivity contribution in [2.24, 2.45) is 0 Å². The Morgan fingerprint density at radius 2 is 2.00 bits per heavy atom. The predicted molar refractivity (Wildman–Crippen MR) is 87.3 cm³/mol. The molecule has 0 aliphatic heterocycles. The van der Waals surface area contributed by atoms with Crippen molar-refractivity contribution >= 4 is 28.1 Å². The minimum absolute atomic E-state index is 0.0444. The highest BCUT2D eigenvalue weighted by atomic mass is 32.1. The maximum atomic E-state index is 12.8. The van der Waals surface area contributed by atoms with Gasteiger partial charge in [0, 0.05) is 11.6 Å². The maximum absolute atomic E-state index is 12.8. The first kappa shape index (κ1) is 16.8. The number of anilines is 2. The number of hydrogen-bond donors (Lipinski definition) is 2. The monoisotopic (exact) mass is 355 g/mol. The summed E-state index contributed by atoms with van der Waals surface area (Å²) in [5.41, 5.74) is 4.89. The molecule has 2 aromatic rings. The molecule has 24 heavy (non-hydrogen) atoms. The van der Waals surface area contributed by atoms with Crippen molar-refractivity contribution in [1.29, 1.82) is 0 Å². The number of halogens is 3. The van der Waals surface area contributed by atoms with Crippen LogP contribution in [-0.2, 0) is 6.18 Å². The second-order valence-electron chi connectivity index (χ2n) is 5.77. The lowest BCUT2D eigenvalue weighted by atomic mass is 10.1. The molecule has 0 unspecified atom stereocenters. The van der Waals surface area contributed by atoms with Crippen LogP contribution in [0.4, 0.5) is 24.1 Å². The van der Waals surface area contributed by atoms with Crippen LogP contribution in [-0.4, -0.2) is 16.8 Å². The van der Waals surface area contributed by atoms with Crippen molar-refractivity contribution in [3.05, 3.63) is 40.3 Å². The van der Waals surface area contributed by atoms with Crippen LogP contribution in [0.15, 0.2) is 24.3 Å². The molecule has 0 amide bonds. The third kappa shape index (κ3) is 3.53. The third-order valence-corrected chi connectivity index (χ3v) is 5.00. The number of nitrogens with one attached hydrogen (secondary N) is 1.